The van der Waals surface area contributed by atoms with Crippen molar-refractivity contribution >= 4 is 10.0 Å². The minimum absolute atomic E-state index is 0.259. The van der Waals surface area contributed by atoms with Gasteiger partial charge >= 0.3 is 0 Å². The van der Waals surface area contributed by atoms with Crippen molar-refractivity contribution in [2.75, 3.05) is 12.3 Å². The minimum Gasteiger partial charge on any atom is -0.215 e. The summed E-state index contributed by atoms with van der Waals surface area (Å²) in [4.78, 5) is 0. The van der Waals surface area contributed by atoms with Crippen LogP contribution in [0, 0.1) is 5.41 Å². The van der Waals surface area contributed by atoms with E-state index >= 15 is 0 Å². The van der Waals surface area contributed by atoms with E-state index in [0.29, 0.717) is 18.4 Å². The predicted molar refractivity (Wildman–Crippen MR) is 58.7 cm³/mol. The zero-order chi connectivity index (χ0) is 10.7. The molecule has 1 N–H and O–H groups in total. The van der Waals surface area contributed by atoms with Gasteiger partial charge in [0.2, 0.25) is 10.0 Å². The van der Waals surface area contributed by atoms with E-state index in [0.717, 1.165) is 12.8 Å². The Morgan fingerprint density at radius 1 is 1.21 bits per heavy atom. The van der Waals surface area contributed by atoms with Crippen LogP contribution < -0.4 is 4.72 Å². The van der Waals surface area contributed by atoms with E-state index in [1.54, 1.807) is 0 Å². The van der Waals surface area contributed by atoms with Gasteiger partial charge in [-0.05, 0) is 31.1 Å². The number of sulfonamides is 1. The molecule has 1 saturated carbocycles. The van der Waals surface area contributed by atoms with E-state index in [9.17, 15) is 8.42 Å². The van der Waals surface area contributed by atoms with Crippen LogP contribution in [0.4, 0.5) is 0 Å². The third-order valence-corrected chi connectivity index (χ3v) is 4.41. The quantitative estimate of drug-likeness (QED) is 0.711. The van der Waals surface area contributed by atoms with Crippen LogP contribution in [0.15, 0.2) is 0 Å². The summed E-state index contributed by atoms with van der Waals surface area (Å²) < 4.78 is 25.5. The molecule has 0 atom stereocenters. The molecular weight excluding hydrogens is 198 g/mol. The van der Waals surface area contributed by atoms with Crippen molar-refractivity contribution in [1.82, 2.24) is 4.72 Å². The van der Waals surface area contributed by atoms with Crippen LogP contribution in [0.25, 0.3) is 0 Å². The minimum atomic E-state index is -2.99. The van der Waals surface area contributed by atoms with Gasteiger partial charge < -0.3 is 0 Å². The molecule has 4 heteroatoms. The van der Waals surface area contributed by atoms with E-state index in [2.05, 4.69) is 11.6 Å². The Bertz CT molecular complexity index is 268. The van der Waals surface area contributed by atoms with Crippen molar-refractivity contribution < 1.29 is 8.42 Å². The van der Waals surface area contributed by atoms with Crippen molar-refractivity contribution in [2.45, 2.75) is 46.0 Å². The van der Waals surface area contributed by atoms with Crippen LogP contribution in [-0.4, -0.2) is 20.7 Å². The second-order valence-electron chi connectivity index (χ2n) is 4.39. The van der Waals surface area contributed by atoms with Gasteiger partial charge in [0.15, 0.2) is 0 Å². The normalized spacial score (nSPS) is 19.6. The lowest BCUT2D eigenvalue weighted by atomic mass is 10.0. The van der Waals surface area contributed by atoms with Gasteiger partial charge in [0.1, 0.15) is 0 Å². The van der Waals surface area contributed by atoms with Gasteiger partial charge in [-0.1, -0.05) is 20.3 Å². The molecule has 0 aromatic carbocycles. The van der Waals surface area contributed by atoms with Crippen molar-refractivity contribution in [2.24, 2.45) is 5.41 Å². The average Bonchev–Trinajstić information content (AvgIpc) is 2.83. The van der Waals surface area contributed by atoms with Crippen molar-refractivity contribution in [3.63, 3.8) is 0 Å². The van der Waals surface area contributed by atoms with Crippen LogP contribution in [0.3, 0.4) is 0 Å². The molecular formula is C10H21NO2S. The van der Waals surface area contributed by atoms with Gasteiger partial charge in [-0.25, -0.2) is 13.1 Å². The fraction of sp³-hybridized carbons (Fsp3) is 1.00. The molecule has 3 nitrogen and oxygen atoms in total. The third-order valence-electron chi connectivity index (χ3n) is 2.88. The highest BCUT2D eigenvalue weighted by molar-refractivity contribution is 7.89. The van der Waals surface area contributed by atoms with Crippen LogP contribution in [0.1, 0.15) is 46.0 Å². The molecule has 0 unspecified atom stereocenters. The van der Waals surface area contributed by atoms with Gasteiger partial charge in [-0.15, -0.1) is 0 Å². The largest absolute Gasteiger partial charge is 0.215 e. The standard InChI is InChI=1S/C10H21NO2S/c1-3-5-10(6-7-10)9-11-14(12,13)8-4-2/h11H,3-9H2,1-2H3. The predicted octanol–water partition coefficient (Wildman–Crippen LogP) is 1.90. The molecule has 84 valence electrons. The van der Waals surface area contributed by atoms with Gasteiger partial charge in [-0.2, -0.15) is 0 Å². The monoisotopic (exact) mass is 219 g/mol. The highest BCUT2D eigenvalue weighted by Crippen LogP contribution is 2.48. The molecule has 1 rings (SSSR count). The Kier molecular flexibility index (Phi) is 3.95. The van der Waals surface area contributed by atoms with Crippen LogP contribution >= 0.6 is 0 Å². The molecule has 0 bridgehead atoms. The third kappa shape index (κ3) is 3.58. The Hall–Kier alpha value is -0.0900. The maximum absolute atomic E-state index is 11.4. The van der Waals surface area contributed by atoms with Gasteiger partial charge in [0, 0.05) is 6.54 Å². The summed E-state index contributed by atoms with van der Waals surface area (Å²) in [5.41, 5.74) is 0.315. The highest BCUT2D eigenvalue weighted by Gasteiger charge is 2.41. The van der Waals surface area contributed by atoms with Gasteiger partial charge in [0.25, 0.3) is 0 Å². The second kappa shape index (κ2) is 4.62. The molecule has 1 fully saturated rings. The number of hydrogen-bond donors (Lipinski definition) is 1. The smallest absolute Gasteiger partial charge is 0.211 e. The first kappa shape index (κ1) is 12.0. The van der Waals surface area contributed by atoms with E-state index in [4.69, 9.17) is 0 Å². The van der Waals surface area contributed by atoms with E-state index in [1.165, 1.54) is 12.8 Å². The van der Waals surface area contributed by atoms with Crippen molar-refractivity contribution in [3.05, 3.63) is 0 Å². The summed E-state index contributed by atoms with van der Waals surface area (Å²) in [6, 6.07) is 0. The molecule has 0 radical (unpaired) electrons. The van der Waals surface area contributed by atoms with Gasteiger partial charge in [0.05, 0.1) is 5.75 Å². The summed E-state index contributed by atoms with van der Waals surface area (Å²) >= 11 is 0. The Morgan fingerprint density at radius 3 is 2.29 bits per heavy atom. The average molecular weight is 219 g/mol. The topological polar surface area (TPSA) is 46.2 Å². The molecule has 14 heavy (non-hydrogen) atoms. The number of rotatable bonds is 7. The maximum atomic E-state index is 11.4. The molecule has 0 aromatic heterocycles. The first-order valence-electron chi connectivity index (χ1n) is 5.51. The van der Waals surface area contributed by atoms with Crippen molar-refractivity contribution in [1.29, 1.82) is 0 Å². The lowest BCUT2D eigenvalue weighted by Crippen LogP contribution is -2.31. The van der Waals surface area contributed by atoms with E-state index in [1.807, 2.05) is 6.92 Å². The lowest BCUT2D eigenvalue weighted by molar-refractivity contribution is 0.449. The fourth-order valence-corrected chi connectivity index (χ4v) is 3.03. The Labute approximate surface area is 87.3 Å². The zero-order valence-corrected chi connectivity index (χ0v) is 9.99. The number of hydrogen-bond acceptors (Lipinski definition) is 2. The molecule has 0 saturated heterocycles. The summed E-state index contributed by atoms with van der Waals surface area (Å²) in [7, 11) is -2.99. The summed E-state index contributed by atoms with van der Waals surface area (Å²) in [5, 5.41) is 0. The van der Waals surface area contributed by atoms with Crippen molar-refractivity contribution in [3.8, 4) is 0 Å². The number of nitrogens with one attached hydrogen (secondary N) is 1. The van der Waals surface area contributed by atoms with Crippen LogP contribution in [0.2, 0.25) is 0 Å². The summed E-state index contributed by atoms with van der Waals surface area (Å²) in [5.74, 6) is 0.259. The summed E-state index contributed by atoms with van der Waals surface area (Å²) in [6.45, 7) is 4.70. The Balaban J connectivity index is 2.33. The first-order chi connectivity index (χ1) is 6.54. The molecule has 0 amide bonds. The first-order valence-corrected chi connectivity index (χ1v) is 7.16. The van der Waals surface area contributed by atoms with Crippen LogP contribution in [0.5, 0.6) is 0 Å². The SMILES string of the molecule is CCCC1(CNS(=O)(=O)CCC)CC1. The molecule has 0 aromatic rings. The second-order valence-corrected chi connectivity index (χ2v) is 6.32. The maximum Gasteiger partial charge on any atom is 0.211 e. The molecule has 1 aliphatic rings. The van der Waals surface area contributed by atoms with Crippen LogP contribution in [-0.2, 0) is 10.0 Å². The highest BCUT2D eigenvalue weighted by atomic mass is 32.2. The molecule has 0 heterocycles. The molecule has 0 spiro atoms. The van der Waals surface area contributed by atoms with E-state index in [-0.39, 0.29) is 5.75 Å². The Morgan fingerprint density at radius 2 is 1.86 bits per heavy atom. The molecule has 0 aliphatic heterocycles. The van der Waals surface area contributed by atoms with Gasteiger partial charge in [-0.3, -0.25) is 0 Å². The van der Waals surface area contributed by atoms with E-state index < -0.39 is 10.0 Å². The zero-order valence-electron chi connectivity index (χ0n) is 9.17. The fourth-order valence-electron chi connectivity index (χ4n) is 1.83. The molecule has 1 aliphatic carbocycles. The lowest BCUT2D eigenvalue weighted by Gasteiger charge is -2.14. The summed E-state index contributed by atoms with van der Waals surface area (Å²) in [6.07, 6.45) is 5.37.